The van der Waals surface area contributed by atoms with E-state index in [9.17, 15) is 13.2 Å². The van der Waals surface area contributed by atoms with E-state index < -0.39 is 23.3 Å². The van der Waals surface area contributed by atoms with Gasteiger partial charge in [-0.15, -0.1) is 0 Å². The quantitative estimate of drug-likeness (QED) is 0.627. The van der Waals surface area contributed by atoms with E-state index in [0.717, 1.165) is 12.3 Å². The smallest absolute Gasteiger partial charge is 0.302 e. The SMILES string of the molecule is CCC(CC)(C(NN)c1cnccc1C(F)(F)F)N(C)C. The number of hydrogen-bond acceptors (Lipinski definition) is 4. The Bertz CT molecular complexity index is 456. The van der Waals surface area contributed by atoms with Crippen LogP contribution in [0, 0.1) is 0 Å². The first kappa shape index (κ1) is 17.9. The third-order valence-electron chi connectivity index (χ3n) is 4.29. The van der Waals surface area contributed by atoms with Crippen molar-refractivity contribution in [2.45, 2.75) is 44.4 Å². The van der Waals surface area contributed by atoms with Crippen molar-refractivity contribution in [3.63, 3.8) is 0 Å². The minimum Gasteiger partial charge on any atom is -0.302 e. The highest BCUT2D eigenvalue weighted by atomic mass is 19.4. The Morgan fingerprint density at radius 1 is 1.29 bits per heavy atom. The molecule has 0 saturated heterocycles. The van der Waals surface area contributed by atoms with Crippen molar-refractivity contribution in [3.05, 3.63) is 29.6 Å². The molecule has 0 spiro atoms. The van der Waals surface area contributed by atoms with Crippen LogP contribution in [-0.4, -0.2) is 29.5 Å². The molecule has 0 fully saturated rings. The number of nitrogens with zero attached hydrogens (tertiary/aromatic N) is 2. The predicted octanol–water partition coefficient (Wildman–Crippen LogP) is 2.73. The average molecular weight is 304 g/mol. The monoisotopic (exact) mass is 304 g/mol. The number of alkyl halides is 3. The van der Waals surface area contributed by atoms with Crippen LogP contribution in [-0.2, 0) is 6.18 Å². The molecule has 0 radical (unpaired) electrons. The molecule has 1 rings (SSSR count). The second-order valence-electron chi connectivity index (χ2n) is 5.27. The molecule has 4 nitrogen and oxygen atoms in total. The zero-order valence-electron chi connectivity index (χ0n) is 12.8. The molecule has 1 heterocycles. The molecular weight excluding hydrogens is 281 g/mol. The Hall–Kier alpha value is -1.18. The summed E-state index contributed by atoms with van der Waals surface area (Å²) in [4.78, 5) is 5.78. The number of nitrogens with one attached hydrogen (secondary N) is 1. The van der Waals surface area contributed by atoms with E-state index >= 15 is 0 Å². The highest BCUT2D eigenvalue weighted by Crippen LogP contribution is 2.41. The molecule has 0 saturated carbocycles. The molecule has 21 heavy (non-hydrogen) atoms. The lowest BCUT2D eigenvalue weighted by atomic mass is 9.79. The number of aromatic nitrogens is 1. The highest BCUT2D eigenvalue weighted by molar-refractivity contribution is 5.32. The lowest BCUT2D eigenvalue weighted by Crippen LogP contribution is -2.55. The van der Waals surface area contributed by atoms with Crippen LogP contribution in [0.2, 0.25) is 0 Å². The van der Waals surface area contributed by atoms with E-state index in [1.807, 2.05) is 32.8 Å². The first-order valence-corrected chi connectivity index (χ1v) is 6.89. The Morgan fingerprint density at radius 2 is 1.86 bits per heavy atom. The van der Waals surface area contributed by atoms with E-state index in [-0.39, 0.29) is 5.56 Å². The van der Waals surface area contributed by atoms with Crippen molar-refractivity contribution in [1.29, 1.82) is 0 Å². The zero-order chi connectivity index (χ0) is 16.3. The molecular formula is C14H23F3N4. The number of likely N-dealkylation sites (N-methyl/N-ethyl adjacent to an activating group) is 1. The minimum absolute atomic E-state index is 0.0740. The molecule has 120 valence electrons. The summed E-state index contributed by atoms with van der Waals surface area (Å²) < 4.78 is 39.7. The average Bonchev–Trinajstić information content (AvgIpc) is 2.43. The largest absolute Gasteiger partial charge is 0.416 e. The van der Waals surface area contributed by atoms with E-state index in [1.165, 1.54) is 6.20 Å². The number of hydrogen-bond donors (Lipinski definition) is 2. The molecule has 1 aromatic rings. The van der Waals surface area contributed by atoms with Gasteiger partial charge in [-0.3, -0.25) is 16.3 Å². The van der Waals surface area contributed by atoms with Crippen LogP contribution < -0.4 is 11.3 Å². The van der Waals surface area contributed by atoms with Crippen LogP contribution >= 0.6 is 0 Å². The molecule has 1 atom stereocenters. The maximum Gasteiger partial charge on any atom is 0.416 e. The van der Waals surface area contributed by atoms with Crippen LogP contribution in [0.1, 0.15) is 43.9 Å². The molecule has 0 aliphatic rings. The summed E-state index contributed by atoms with van der Waals surface area (Å²) in [5, 5.41) is 0. The van der Waals surface area contributed by atoms with Gasteiger partial charge in [0.2, 0.25) is 0 Å². The number of halogens is 3. The molecule has 0 bridgehead atoms. The molecule has 0 aliphatic carbocycles. The maximum absolute atomic E-state index is 13.2. The molecule has 1 unspecified atom stereocenters. The van der Waals surface area contributed by atoms with Crippen molar-refractivity contribution in [2.75, 3.05) is 14.1 Å². The molecule has 7 heteroatoms. The van der Waals surface area contributed by atoms with Crippen molar-refractivity contribution in [3.8, 4) is 0 Å². The molecule has 0 aliphatic heterocycles. The lowest BCUT2D eigenvalue weighted by molar-refractivity contribution is -0.139. The van der Waals surface area contributed by atoms with E-state index in [2.05, 4.69) is 10.4 Å². The fraction of sp³-hybridized carbons (Fsp3) is 0.643. The van der Waals surface area contributed by atoms with Crippen LogP contribution in [0.15, 0.2) is 18.5 Å². The number of nitrogens with two attached hydrogens (primary N) is 1. The van der Waals surface area contributed by atoms with E-state index in [4.69, 9.17) is 5.84 Å². The highest BCUT2D eigenvalue weighted by Gasteiger charge is 2.43. The van der Waals surface area contributed by atoms with Crippen LogP contribution in [0.25, 0.3) is 0 Å². The Labute approximate surface area is 123 Å². The Kier molecular flexibility index (Phi) is 5.72. The van der Waals surface area contributed by atoms with Crippen molar-refractivity contribution in [2.24, 2.45) is 5.84 Å². The summed E-state index contributed by atoms with van der Waals surface area (Å²) >= 11 is 0. The van der Waals surface area contributed by atoms with E-state index in [0.29, 0.717) is 12.8 Å². The van der Waals surface area contributed by atoms with Gasteiger partial charge in [-0.2, -0.15) is 13.2 Å². The molecule has 0 amide bonds. The second kappa shape index (κ2) is 6.72. The second-order valence-corrected chi connectivity index (χ2v) is 5.27. The van der Waals surface area contributed by atoms with Gasteiger partial charge in [0.1, 0.15) is 0 Å². The van der Waals surface area contributed by atoms with Gasteiger partial charge in [-0.1, -0.05) is 13.8 Å². The first-order valence-electron chi connectivity index (χ1n) is 6.89. The van der Waals surface area contributed by atoms with Gasteiger partial charge in [-0.25, -0.2) is 0 Å². The number of pyridine rings is 1. The lowest BCUT2D eigenvalue weighted by Gasteiger charge is -2.45. The van der Waals surface area contributed by atoms with Crippen LogP contribution in [0.5, 0.6) is 0 Å². The predicted molar refractivity (Wildman–Crippen MR) is 76.3 cm³/mol. The fourth-order valence-corrected chi connectivity index (χ4v) is 2.98. The Morgan fingerprint density at radius 3 is 2.24 bits per heavy atom. The third kappa shape index (κ3) is 3.36. The van der Waals surface area contributed by atoms with Crippen molar-refractivity contribution >= 4 is 0 Å². The van der Waals surface area contributed by atoms with Crippen molar-refractivity contribution < 1.29 is 13.2 Å². The normalized spacial score (nSPS) is 14.5. The summed E-state index contributed by atoms with van der Waals surface area (Å²) in [7, 11) is 3.70. The molecule has 1 aromatic heterocycles. The van der Waals surface area contributed by atoms with Gasteiger partial charge in [-0.05, 0) is 33.0 Å². The third-order valence-corrected chi connectivity index (χ3v) is 4.29. The van der Waals surface area contributed by atoms with Gasteiger partial charge in [0.25, 0.3) is 0 Å². The summed E-state index contributed by atoms with van der Waals surface area (Å²) in [5.74, 6) is 5.62. The molecule has 0 aromatic carbocycles. The van der Waals surface area contributed by atoms with Crippen molar-refractivity contribution in [1.82, 2.24) is 15.3 Å². The van der Waals surface area contributed by atoms with Crippen LogP contribution in [0.4, 0.5) is 13.2 Å². The van der Waals surface area contributed by atoms with Gasteiger partial charge < -0.3 is 4.90 Å². The number of hydrazine groups is 1. The van der Waals surface area contributed by atoms with Gasteiger partial charge in [0.15, 0.2) is 0 Å². The summed E-state index contributed by atoms with van der Waals surface area (Å²) in [6.07, 6.45) is -0.742. The van der Waals surface area contributed by atoms with Gasteiger partial charge >= 0.3 is 6.18 Å². The maximum atomic E-state index is 13.2. The minimum atomic E-state index is -4.44. The summed E-state index contributed by atoms with van der Waals surface area (Å²) in [5.41, 5.74) is 1.42. The molecule has 3 N–H and O–H groups in total. The summed E-state index contributed by atoms with van der Waals surface area (Å²) in [6, 6.07) is 0.318. The zero-order valence-corrected chi connectivity index (χ0v) is 12.8. The Balaban J connectivity index is 3.47. The number of rotatable bonds is 6. The summed E-state index contributed by atoms with van der Waals surface area (Å²) in [6.45, 7) is 3.88. The fourth-order valence-electron chi connectivity index (χ4n) is 2.98. The van der Waals surface area contributed by atoms with Gasteiger partial charge in [0.05, 0.1) is 11.6 Å². The van der Waals surface area contributed by atoms with Gasteiger partial charge in [0, 0.05) is 23.5 Å². The topological polar surface area (TPSA) is 54.2 Å². The van der Waals surface area contributed by atoms with Crippen LogP contribution in [0.3, 0.4) is 0 Å². The standard InChI is InChI=1S/C14H23F3N4/c1-5-13(6-2,21(3)4)12(20-18)10-9-19-8-7-11(10)14(15,16)17/h7-9,12,20H,5-6,18H2,1-4H3. The first-order chi connectivity index (χ1) is 9.74. The van der Waals surface area contributed by atoms with E-state index in [1.54, 1.807) is 0 Å².